The Bertz CT molecular complexity index is 410. The van der Waals surface area contributed by atoms with Gasteiger partial charge in [-0.25, -0.2) is 8.78 Å². The van der Waals surface area contributed by atoms with E-state index in [4.69, 9.17) is 5.11 Å². The van der Waals surface area contributed by atoms with Crippen molar-refractivity contribution in [3.8, 4) is 11.5 Å². The standard InChI is InChI=1S/C11H13F2NO3/c1-14(6-11(12)13)5-10(17)8-3-2-7(15)4-9(8)16/h2-4,11,15-16H,5-6H2,1H3. The normalized spacial score (nSPS) is 11.1. The molecular weight excluding hydrogens is 232 g/mol. The van der Waals surface area contributed by atoms with E-state index >= 15 is 0 Å². The van der Waals surface area contributed by atoms with Crippen molar-refractivity contribution in [2.24, 2.45) is 0 Å². The molecule has 0 amide bonds. The first-order valence-electron chi connectivity index (χ1n) is 4.92. The van der Waals surface area contributed by atoms with Gasteiger partial charge in [-0.05, 0) is 19.2 Å². The van der Waals surface area contributed by atoms with Gasteiger partial charge in [0.1, 0.15) is 11.5 Å². The molecule has 0 aliphatic carbocycles. The molecule has 0 heterocycles. The number of halogens is 2. The number of carbonyl (C=O) groups excluding carboxylic acids is 1. The summed E-state index contributed by atoms with van der Waals surface area (Å²) in [5.41, 5.74) is 0.00363. The van der Waals surface area contributed by atoms with Crippen LogP contribution < -0.4 is 0 Å². The molecule has 0 saturated heterocycles. The van der Waals surface area contributed by atoms with Gasteiger partial charge in [0.15, 0.2) is 5.78 Å². The molecule has 0 radical (unpaired) electrons. The number of alkyl halides is 2. The largest absolute Gasteiger partial charge is 0.508 e. The smallest absolute Gasteiger partial charge is 0.251 e. The second-order valence-corrected chi connectivity index (χ2v) is 3.71. The summed E-state index contributed by atoms with van der Waals surface area (Å²) in [6.07, 6.45) is -2.51. The highest BCUT2D eigenvalue weighted by atomic mass is 19.3. The van der Waals surface area contributed by atoms with Crippen LogP contribution in [0, 0.1) is 0 Å². The van der Waals surface area contributed by atoms with Crippen molar-refractivity contribution >= 4 is 5.78 Å². The number of hydrogen-bond donors (Lipinski definition) is 2. The molecule has 4 nitrogen and oxygen atoms in total. The third-order valence-corrected chi connectivity index (χ3v) is 2.14. The molecule has 0 atom stereocenters. The molecule has 6 heteroatoms. The van der Waals surface area contributed by atoms with E-state index in [1.54, 1.807) is 0 Å². The topological polar surface area (TPSA) is 60.8 Å². The second kappa shape index (κ2) is 5.58. The summed E-state index contributed by atoms with van der Waals surface area (Å²) in [5.74, 6) is -1.01. The summed E-state index contributed by atoms with van der Waals surface area (Å²) in [6.45, 7) is -0.729. The molecule has 1 aromatic rings. The summed E-state index contributed by atoms with van der Waals surface area (Å²) in [7, 11) is 1.39. The fourth-order valence-electron chi connectivity index (χ4n) is 1.39. The Morgan fingerprint density at radius 3 is 2.59 bits per heavy atom. The summed E-state index contributed by atoms with van der Waals surface area (Å²) >= 11 is 0. The second-order valence-electron chi connectivity index (χ2n) is 3.71. The fourth-order valence-corrected chi connectivity index (χ4v) is 1.39. The Balaban J connectivity index is 2.70. The van der Waals surface area contributed by atoms with Crippen LogP contribution in [0.1, 0.15) is 10.4 Å². The van der Waals surface area contributed by atoms with Gasteiger partial charge in [0.05, 0.1) is 18.7 Å². The lowest BCUT2D eigenvalue weighted by Crippen LogP contribution is -2.30. The van der Waals surface area contributed by atoms with Crippen LogP contribution >= 0.6 is 0 Å². The van der Waals surface area contributed by atoms with Gasteiger partial charge in [-0.3, -0.25) is 9.69 Å². The Labute approximate surface area is 97.1 Å². The van der Waals surface area contributed by atoms with Crippen LogP contribution in [-0.2, 0) is 0 Å². The molecule has 0 aliphatic heterocycles. The molecule has 0 aliphatic rings. The molecule has 17 heavy (non-hydrogen) atoms. The van der Waals surface area contributed by atoms with Crippen molar-refractivity contribution in [3.63, 3.8) is 0 Å². The summed E-state index contributed by atoms with van der Waals surface area (Å²) < 4.78 is 24.1. The van der Waals surface area contributed by atoms with Crippen LogP contribution in [0.15, 0.2) is 18.2 Å². The van der Waals surface area contributed by atoms with Gasteiger partial charge in [0.25, 0.3) is 6.43 Å². The number of aromatic hydroxyl groups is 2. The van der Waals surface area contributed by atoms with Crippen LogP contribution in [0.2, 0.25) is 0 Å². The number of ketones is 1. The minimum absolute atomic E-state index is 0.00363. The van der Waals surface area contributed by atoms with E-state index in [1.165, 1.54) is 24.1 Å². The Morgan fingerprint density at radius 2 is 2.06 bits per heavy atom. The van der Waals surface area contributed by atoms with Gasteiger partial charge in [-0.2, -0.15) is 0 Å². The minimum Gasteiger partial charge on any atom is -0.508 e. The van der Waals surface area contributed by atoms with Gasteiger partial charge in [0, 0.05) is 6.07 Å². The first kappa shape index (κ1) is 13.4. The predicted molar refractivity (Wildman–Crippen MR) is 57.6 cm³/mol. The average Bonchev–Trinajstić information content (AvgIpc) is 2.15. The number of hydrogen-bond acceptors (Lipinski definition) is 4. The molecular formula is C11H13F2NO3. The maximum Gasteiger partial charge on any atom is 0.251 e. The Hall–Kier alpha value is -1.69. The lowest BCUT2D eigenvalue weighted by atomic mass is 10.1. The fraction of sp³-hybridized carbons (Fsp3) is 0.364. The molecule has 0 aromatic heterocycles. The van der Waals surface area contributed by atoms with Gasteiger partial charge in [-0.1, -0.05) is 0 Å². The van der Waals surface area contributed by atoms with E-state index in [-0.39, 0.29) is 23.6 Å². The summed E-state index contributed by atoms with van der Waals surface area (Å²) in [5, 5.41) is 18.4. The first-order chi connectivity index (χ1) is 7.90. The zero-order chi connectivity index (χ0) is 13.0. The number of rotatable bonds is 5. The molecule has 1 rings (SSSR count). The Morgan fingerprint density at radius 1 is 1.41 bits per heavy atom. The quantitative estimate of drug-likeness (QED) is 0.771. The van der Waals surface area contributed by atoms with Crippen molar-refractivity contribution in [1.29, 1.82) is 0 Å². The Kier molecular flexibility index (Phi) is 4.39. The van der Waals surface area contributed by atoms with Crippen molar-refractivity contribution in [1.82, 2.24) is 4.90 Å². The molecule has 0 bridgehead atoms. The molecule has 2 N–H and O–H groups in total. The molecule has 94 valence electrons. The zero-order valence-corrected chi connectivity index (χ0v) is 9.23. The number of benzene rings is 1. The summed E-state index contributed by atoms with van der Waals surface area (Å²) in [6, 6.07) is 3.53. The van der Waals surface area contributed by atoms with E-state index in [9.17, 15) is 18.7 Å². The van der Waals surface area contributed by atoms with Crippen molar-refractivity contribution < 1.29 is 23.8 Å². The maximum atomic E-state index is 12.0. The monoisotopic (exact) mass is 245 g/mol. The number of nitrogens with zero attached hydrogens (tertiary/aromatic N) is 1. The van der Waals surface area contributed by atoms with Gasteiger partial charge >= 0.3 is 0 Å². The third kappa shape index (κ3) is 3.99. The highest BCUT2D eigenvalue weighted by Gasteiger charge is 2.16. The SMILES string of the molecule is CN(CC(=O)c1ccc(O)cc1O)CC(F)F. The van der Waals surface area contributed by atoms with Gasteiger partial charge < -0.3 is 10.2 Å². The number of carbonyl (C=O) groups is 1. The van der Waals surface area contributed by atoms with Gasteiger partial charge in [-0.15, -0.1) is 0 Å². The summed E-state index contributed by atoms with van der Waals surface area (Å²) in [4.78, 5) is 12.8. The molecule has 0 saturated carbocycles. The van der Waals surface area contributed by atoms with E-state index in [0.29, 0.717) is 0 Å². The van der Waals surface area contributed by atoms with Crippen LogP contribution in [0.5, 0.6) is 11.5 Å². The molecule has 0 fully saturated rings. The van der Waals surface area contributed by atoms with Crippen molar-refractivity contribution in [2.75, 3.05) is 20.1 Å². The lowest BCUT2D eigenvalue weighted by molar-refractivity contribution is 0.0818. The van der Waals surface area contributed by atoms with Crippen molar-refractivity contribution in [2.45, 2.75) is 6.43 Å². The van der Waals surface area contributed by atoms with Gasteiger partial charge in [0.2, 0.25) is 0 Å². The van der Waals surface area contributed by atoms with E-state index in [1.807, 2.05) is 0 Å². The predicted octanol–water partition coefficient (Wildman–Crippen LogP) is 1.48. The highest BCUT2D eigenvalue weighted by molar-refractivity contribution is 6.00. The van der Waals surface area contributed by atoms with Crippen LogP contribution in [0.25, 0.3) is 0 Å². The van der Waals surface area contributed by atoms with Crippen LogP contribution in [-0.4, -0.2) is 47.5 Å². The zero-order valence-electron chi connectivity index (χ0n) is 9.23. The first-order valence-corrected chi connectivity index (χ1v) is 4.92. The number of Topliss-reactive ketones (excluding diaryl/α,β-unsaturated/α-hetero) is 1. The number of phenols is 2. The van der Waals surface area contributed by atoms with Crippen molar-refractivity contribution in [3.05, 3.63) is 23.8 Å². The molecule has 1 aromatic carbocycles. The maximum absolute atomic E-state index is 12.0. The highest BCUT2D eigenvalue weighted by Crippen LogP contribution is 2.23. The third-order valence-electron chi connectivity index (χ3n) is 2.14. The minimum atomic E-state index is -2.51. The molecule has 0 unspecified atom stereocenters. The van der Waals surface area contributed by atoms with Crippen LogP contribution in [0.4, 0.5) is 8.78 Å². The average molecular weight is 245 g/mol. The van der Waals surface area contributed by atoms with E-state index in [2.05, 4.69) is 0 Å². The van der Waals surface area contributed by atoms with Crippen LogP contribution in [0.3, 0.4) is 0 Å². The number of likely N-dealkylation sites (N-methyl/N-ethyl adjacent to an activating group) is 1. The van der Waals surface area contributed by atoms with E-state index < -0.39 is 18.8 Å². The number of phenolic OH excluding ortho intramolecular Hbond substituents is 2. The lowest BCUT2D eigenvalue weighted by Gasteiger charge is -2.15. The molecule has 0 spiro atoms. The van der Waals surface area contributed by atoms with E-state index in [0.717, 1.165) is 6.07 Å².